The number of hydrogen-bond donors (Lipinski definition) is 1. The van der Waals surface area contributed by atoms with Gasteiger partial charge in [0.1, 0.15) is 6.54 Å². The van der Waals surface area contributed by atoms with E-state index in [0.29, 0.717) is 5.41 Å². The van der Waals surface area contributed by atoms with Crippen LogP contribution in [0.2, 0.25) is 0 Å². The summed E-state index contributed by atoms with van der Waals surface area (Å²) in [5.74, 6) is -0.852. The molecule has 0 saturated heterocycles. The molecule has 1 N–H and O–H groups in total. The first-order chi connectivity index (χ1) is 6.62. The third kappa shape index (κ3) is 3.90. The van der Waals surface area contributed by atoms with Crippen molar-refractivity contribution in [3.63, 3.8) is 0 Å². The molecule has 3 heteroatoms. The molecule has 0 atom stereocenters. The molecule has 1 fully saturated rings. The molecular formula is C11H19NO2. The first-order valence-electron chi connectivity index (χ1n) is 5.32. The van der Waals surface area contributed by atoms with E-state index in [1.807, 2.05) is 0 Å². The number of carbonyl (C=O) groups is 1. The van der Waals surface area contributed by atoms with Gasteiger partial charge in [0.05, 0.1) is 0 Å². The fourth-order valence-electron chi connectivity index (χ4n) is 2.04. The third-order valence-electron chi connectivity index (χ3n) is 3.00. The Kier molecular flexibility index (Phi) is 4.11. The minimum absolute atomic E-state index is 0.0872. The van der Waals surface area contributed by atoms with Gasteiger partial charge < -0.3 is 5.11 Å². The summed E-state index contributed by atoms with van der Waals surface area (Å²) in [6.07, 6.45) is 9.20. The third-order valence-corrected chi connectivity index (χ3v) is 3.00. The molecule has 1 rings (SSSR count). The highest BCUT2D eigenvalue weighted by atomic mass is 16.4. The number of aliphatic imine (C=N–C) groups is 1. The Hall–Kier alpha value is -0.860. The van der Waals surface area contributed by atoms with Crippen molar-refractivity contribution in [3.05, 3.63) is 0 Å². The van der Waals surface area contributed by atoms with Gasteiger partial charge in [-0.05, 0) is 30.9 Å². The lowest BCUT2D eigenvalue weighted by atomic mass is 9.74. The summed E-state index contributed by atoms with van der Waals surface area (Å²) in [5.41, 5.74) is 0.375. The van der Waals surface area contributed by atoms with Gasteiger partial charge in [-0.15, -0.1) is 0 Å². The van der Waals surface area contributed by atoms with E-state index in [-0.39, 0.29) is 6.54 Å². The lowest BCUT2D eigenvalue weighted by molar-refractivity contribution is -0.135. The van der Waals surface area contributed by atoms with Gasteiger partial charge in [-0.25, -0.2) is 0 Å². The van der Waals surface area contributed by atoms with Gasteiger partial charge in [0.15, 0.2) is 0 Å². The number of rotatable bonds is 4. The van der Waals surface area contributed by atoms with E-state index in [1.165, 1.54) is 32.1 Å². The highest BCUT2D eigenvalue weighted by molar-refractivity contribution is 5.72. The van der Waals surface area contributed by atoms with E-state index < -0.39 is 5.97 Å². The number of carboxylic acid groups (broad SMARTS) is 1. The Morgan fingerprint density at radius 3 is 2.64 bits per heavy atom. The van der Waals surface area contributed by atoms with Gasteiger partial charge >= 0.3 is 5.97 Å². The SMILES string of the molecule is CC1(CC=NCC(=O)O)CCCCC1. The predicted octanol–water partition coefficient (Wildman–Crippen LogP) is 2.50. The van der Waals surface area contributed by atoms with Crippen molar-refractivity contribution < 1.29 is 9.90 Å². The summed E-state index contributed by atoms with van der Waals surface area (Å²) in [7, 11) is 0. The van der Waals surface area contributed by atoms with Crippen molar-refractivity contribution >= 4 is 12.2 Å². The molecule has 0 aromatic carbocycles. The van der Waals surface area contributed by atoms with Gasteiger partial charge in [0, 0.05) is 0 Å². The number of aliphatic carboxylic acids is 1. The molecule has 3 nitrogen and oxygen atoms in total. The van der Waals surface area contributed by atoms with Crippen molar-refractivity contribution in [1.82, 2.24) is 0 Å². The van der Waals surface area contributed by atoms with Gasteiger partial charge in [-0.2, -0.15) is 0 Å². The maximum absolute atomic E-state index is 10.2. The van der Waals surface area contributed by atoms with E-state index in [1.54, 1.807) is 6.21 Å². The molecule has 1 aliphatic rings. The molecular weight excluding hydrogens is 178 g/mol. The van der Waals surface area contributed by atoms with Crippen LogP contribution in [0.5, 0.6) is 0 Å². The molecule has 0 aromatic rings. The minimum Gasteiger partial charge on any atom is -0.480 e. The van der Waals surface area contributed by atoms with Crippen LogP contribution in [0, 0.1) is 5.41 Å². The molecule has 80 valence electrons. The van der Waals surface area contributed by atoms with Gasteiger partial charge in [0.25, 0.3) is 0 Å². The molecule has 14 heavy (non-hydrogen) atoms. The summed E-state index contributed by atoms with van der Waals surface area (Å²) in [6, 6.07) is 0. The Balaban J connectivity index is 2.27. The fraction of sp³-hybridized carbons (Fsp3) is 0.818. The second kappa shape index (κ2) is 5.13. The summed E-state index contributed by atoms with van der Waals surface area (Å²) in [4.78, 5) is 14.1. The standard InChI is InChI=1S/C11H19NO2/c1-11(5-3-2-4-6-11)7-8-12-9-10(13)14/h8H,2-7,9H2,1H3,(H,13,14). The van der Waals surface area contributed by atoms with Crippen LogP contribution < -0.4 is 0 Å². The second-order valence-electron chi connectivity index (χ2n) is 4.49. The predicted molar refractivity (Wildman–Crippen MR) is 56.8 cm³/mol. The number of nitrogens with zero attached hydrogens (tertiary/aromatic N) is 1. The molecule has 0 aromatic heterocycles. The highest BCUT2D eigenvalue weighted by Gasteiger charge is 2.25. The van der Waals surface area contributed by atoms with Crippen molar-refractivity contribution in [2.75, 3.05) is 6.54 Å². The molecule has 0 amide bonds. The molecule has 0 radical (unpaired) electrons. The molecule has 1 saturated carbocycles. The molecule has 0 spiro atoms. The van der Waals surface area contributed by atoms with Crippen LogP contribution in [-0.2, 0) is 4.79 Å². The minimum atomic E-state index is -0.852. The second-order valence-corrected chi connectivity index (χ2v) is 4.49. The van der Waals surface area contributed by atoms with Crippen LogP contribution in [0.25, 0.3) is 0 Å². The maximum atomic E-state index is 10.2. The Labute approximate surface area is 85.2 Å². The Bertz CT molecular complexity index is 217. The normalized spacial score (nSPS) is 21.2. The van der Waals surface area contributed by atoms with Crippen LogP contribution in [0.3, 0.4) is 0 Å². The van der Waals surface area contributed by atoms with E-state index in [9.17, 15) is 4.79 Å². The van der Waals surface area contributed by atoms with Crippen molar-refractivity contribution in [3.8, 4) is 0 Å². The van der Waals surface area contributed by atoms with Gasteiger partial charge in [-0.1, -0.05) is 26.2 Å². The van der Waals surface area contributed by atoms with Gasteiger partial charge in [0.2, 0.25) is 0 Å². The van der Waals surface area contributed by atoms with Crippen LogP contribution in [0.4, 0.5) is 0 Å². The van der Waals surface area contributed by atoms with Crippen LogP contribution in [-0.4, -0.2) is 23.8 Å². The van der Waals surface area contributed by atoms with Gasteiger partial charge in [-0.3, -0.25) is 9.79 Å². The number of hydrogen-bond acceptors (Lipinski definition) is 2. The largest absolute Gasteiger partial charge is 0.480 e. The zero-order valence-corrected chi connectivity index (χ0v) is 8.83. The van der Waals surface area contributed by atoms with Crippen LogP contribution in [0.15, 0.2) is 4.99 Å². The summed E-state index contributed by atoms with van der Waals surface area (Å²) < 4.78 is 0. The van der Waals surface area contributed by atoms with Crippen LogP contribution >= 0.6 is 0 Å². The first kappa shape index (κ1) is 11.2. The zero-order chi connectivity index (χ0) is 10.4. The topological polar surface area (TPSA) is 49.7 Å². The Morgan fingerprint density at radius 2 is 2.07 bits per heavy atom. The fourth-order valence-corrected chi connectivity index (χ4v) is 2.04. The van der Waals surface area contributed by atoms with Crippen molar-refractivity contribution in [1.29, 1.82) is 0 Å². The highest BCUT2D eigenvalue weighted by Crippen LogP contribution is 2.37. The summed E-state index contributed by atoms with van der Waals surface area (Å²) in [5, 5.41) is 8.40. The zero-order valence-electron chi connectivity index (χ0n) is 8.83. The lowest BCUT2D eigenvalue weighted by Crippen LogP contribution is -2.20. The smallest absolute Gasteiger partial charge is 0.325 e. The van der Waals surface area contributed by atoms with E-state index in [0.717, 1.165) is 6.42 Å². The van der Waals surface area contributed by atoms with E-state index in [4.69, 9.17) is 5.11 Å². The van der Waals surface area contributed by atoms with E-state index >= 15 is 0 Å². The molecule has 0 aliphatic heterocycles. The van der Waals surface area contributed by atoms with Crippen molar-refractivity contribution in [2.45, 2.75) is 45.4 Å². The molecule has 1 aliphatic carbocycles. The first-order valence-corrected chi connectivity index (χ1v) is 5.32. The molecule has 0 bridgehead atoms. The lowest BCUT2D eigenvalue weighted by Gasteiger charge is -2.32. The van der Waals surface area contributed by atoms with E-state index in [2.05, 4.69) is 11.9 Å². The Morgan fingerprint density at radius 1 is 1.43 bits per heavy atom. The average Bonchev–Trinajstić information content (AvgIpc) is 2.14. The number of carboxylic acids is 1. The van der Waals surface area contributed by atoms with Crippen molar-refractivity contribution in [2.24, 2.45) is 10.4 Å². The quantitative estimate of drug-likeness (QED) is 0.704. The average molecular weight is 197 g/mol. The molecule has 0 heterocycles. The summed E-state index contributed by atoms with van der Waals surface area (Å²) >= 11 is 0. The molecule has 0 unspecified atom stereocenters. The monoisotopic (exact) mass is 197 g/mol. The summed E-state index contributed by atoms with van der Waals surface area (Å²) in [6.45, 7) is 2.19. The maximum Gasteiger partial charge on any atom is 0.325 e. The van der Waals surface area contributed by atoms with Crippen LogP contribution in [0.1, 0.15) is 45.4 Å².